The molecule has 4 fully saturated rings. The number of allylic oxidation sites excluding steroid dienone is 4. The average Bonchev–Trinajstić information content (AvgIpc) is 3.78. The van der Waals surface area contributed by atoms with E-state index in [-0.39, 0.29) is 37.8 Å². The number of aliphatic hydroxyl groups is 2. The number of Topliss-reactive ketones (excluding diaryl/α,β-unsaturated/α-hetero) is 1. The van der Waals surface area contributed by atoms with E-state index in [1.54, 1.807) is 55.5 Å². The summed E-state index contributed by atoms with van der Waals surface area (Å²) >= 11 is 3.91. The van der Waals surface area contributed by atoms with Gasteiger partial charge in [0.05, 0.1) is 23.9 Å². The second-order valence-electron chi connectivity index (χ2n) is 18.3. The lowest BCUT2D eigenvalue weighted by atomic mass is 9.44. The van der Waals surface area contributed by atoms with E-state index >= 15 is 8.78 Å². The Hall–Kier alpha value is -5.54. The Balaban J connectivity index is 0.947. The number of fused-ring (bicyclic) bond motifs is 7. The normalized spacial score (nSPS) is 32.7. The van der Waals surface area contributed by atoms with Gasteiger partial charge in [0.1, 0.15) is 36.4 Å². The van der Waals surface area contributed by atoms with E-state index in [0.29, 0.717) is 22.7 Å². The minimum absolute atomic E-state index is 0.0172. The third-order valence-corrected chi connectivity index (χ3v) is 14.7. The fraction of sp³-hybridized carbons (Fsp3) is 0.511. The van der Waals surface area contributed by atoms with Crippen molar-refractivity contribution >= 4 is 59.5 Å². The molecule has 7 rings (SSSR count). The van der Waals surface area contributed by atoms with Gasteiger partial charge in [-0.1, -0.05) is 31.2 Å². The number of anilines is 1. The standard InChI is InChI=1S/C47H54F2N4O13S/c1-23(51-38(58)13-15-50-42(63)34(67)20-39(59)60)40(61)52-24(2)41(62)53-26-6-5-7-29(16-26)64-28-10-8-25(9-11-28)43-65-37-19-30-31-18-33(48)32-17-27(55)12-14-44(32,3)46(31,49)35(56)21-45(30,4)47(37,66-43)36(57)22-54/h5-12,14,16-17,23-24,30-31,33-35,37,43,54,56,67H,13,15,18-22H2,1-4H3,(H,50,63)(H,51,58)(H,52,61)(H,53,62)(H,59,60)/t23-,24-,30?,31-,33-,34?,35-,37+,43+,44-,45-,46-,47+/m0/s1. The Labute approximate surface area is 389 Å². The van der Waals surface area contributed by atoms with Crippen molar-refractivity contribution in [3.05, 3.63) is 77.9 Å². The summed E-state index contributed by atoms with van der Waals surface area (Å²) in [5.74, 6) is -5.88. The van der Waals surface area contributed by atoms with Crippen LogP contribution in [0, 0.1) is 22.7 Å². The van der Waals surface area contributed by atoms with Gasteiger partial charge in [0, 0.05) is 47.0 Å². The number of amides is 4. The summed E-state index contributed by atoms with van der Waals surface area (Å²) in [5, 5.41) is 39.9. The Morgan fingerprint density at radius 2 is 1.66 bits per heavy atom. The lowest BCUT2D eigenvalue weighted by Gasteiger charge is -2.63. The summed E-state index contributed by atoms with van der Waals surface area (Å²) in [6, 6.07) is 10.9. The minimum Gasteiger partial charge on any atom is -0.481 e. The van der Waals surface area contributed by atoms with Gasteiger partial charge in [-0.15, -0.1) is 0 Å². The number of rotatable bonds is 16. The fourth-order valence-corrected chi connectivity index (χ4v) is 11.1. The number of ether oxygens (including phenoxy) is 3. The number of carboxylic acid groups (broad SMARTS) is 1. The topological polar surface area (TPSA) is 256 Å². The Kier molecular flexibility index (Phi) is 13.9. The molecule has 4 amide bonds. The number of alkyl halides is 2. The van der Waals surface area contributed by atoms with Crippen LogP contribution in [-0.2, 0) is 43.0 Å². The smallest absolute Gasteiger partial charge is 0.304 e. The van der Waals surface area contributed by atoms with Crippen molar-refractivity contribution in [2.75, 3.05) is 18.5 Å². The number of aliphatic hydroxyl groups excluding tert-OH is 2. The molecular formula is C47H54F2N4O13S. The third kappa shape index (κ3) is 8.89. The number of hydrogen-bond donors (Lipinski definition) is 8. The molecule has 1 aliphatic heterocycles. The second-order valence-corrected chi connectivity index (χ2v) is 19.0. The predicted octanol–water partition coefficient (Wildman–Crippen LogP) is 3.35. The monoisotopic (exact) mass is 952 g/mol. The quantitative estimate of drug-likeness (QED) is 0.113. The molecule has 0 aromatic heterocycles. The van der Waals surface area contributed by atoms with Crippen LogP contribution < -0.4 is 26.0 Å². The van der Waals surface area contributed by atoms with Crippen molar-refractivity contribution in [2.24, 2.45) is 22.7 Å². The van der Waals surface area contributed by atoms with Crippen molar-refractivity contribution < 1.29 is 71.9 Å². The lowest BCUT2D eigenvalue weighted by molar-refractivity contribution is -0.235. The number of halogens is 2. The third-order valence-electron chi connectivity index (χ3n) is 14.3. The highest BCUT2D eigenvalue weighted by Crippen LogP contribution is 2.72. The van der Waals surface area contributed by atoms with E-state index in [9.17, 15) is 43.8 Å². The van der Waals surface area contributed by atoms with Crippen molar-refractivity contribution in [2.45, 2.75) is 113 Å². The SMILES string of the molecule is C[C@H](NC(=O)CCNC(=O)C(S)CC(=O)O)C(=O)N[C@@H](C)C(=O)Nc1cccc(Oc2ccc([C@@H]3O[C@@H]4CC5[C@@H]6C[C@H](F)C7=CC(=O)C=C[C@]7(C)[C@@]6(F)[C@@H](O)C[C@]5(C)[C@]4(C(=O)CO)O3)cc2)c1. The zero-order valence-corrected chi connectivity index (χ0v) is 38.0. The van der Waals surface area contributed by atoms with Crippen LogP contribution in [0.2, 0.25) is 0 Å². The van der Waals surface area contributed by atoms with Gasteiger partial charge in [-0.2, -0.15) is 12.6 Å². The molecule has 360 valence electrons. The summed E-state index contributed by atoms with van der Waals surface area (Å²) in [7, 11) is 0. The van der Waals surface area contributed by atoms with E-state index in [4.69, 9.17) is 19.3 Å². The van der Waals surface area contributed by atoms with Crippen molar-refractivity contribution in [3.8, 4) is 11.5 Å². The van der Waals surface area contributed by atoms with Crippen LogP contribution in [0.15, 0.2) is 72.3 Å². The van der Waals surface area contributed by atoms with Crippen LogP contribution in [-0.4, -0.2) is 117 Å². The van der Waals surface area contributed by atoms with Crippen LogP contribution in [0.4, 0.5) is 14.5 Å². The van der Waals surface area contributed by atoms with Crippen LogP contribution in [0.25, 0.3) is 0 Å². The largest absolute Gasteiger partial charge is 0.481 e. The van der Waals surface area contributed by atoms with E-state index in [1.807, 2.05) is 0 Å². The van der Waals surface area contributed by atoms with Crippen molar-refractivity contribution in [3.63, 3.8) is 0 Å². The molecule has 1 heterocycles. The Morgan fingerprint density at radius 3 is 2.34 bits per heavy atom. The van der Waals surface area contributed by atoms with E-state index in [2.05, 4.69) is 33.9 Å². The Bertz CT molecular complexity index is 2400. The van der Waals surface area contributed by atoms with Crippen LogP contribution in [0.5, 0.6) is 11.5 Å². The second kappa shape index (κ2) is 18.9. The molecule has 5 aliphatic rings. The number of hydrogen-bond acceptors (Lipinski definition) is 13. The molecule has 2 aromatic carbocycles. The molecular weight excluding hydrogens is 899 g/mol. The van der Waals surface area contributed by atoms with Gasteiger partial charge in [-0.05, 0) is 87.9 Å². The van der Waals surface area contributed by atoms with Crippen LogP contribution in [0.1, 0.15) is 71.7 Å². The van der Waals surface area contributed by atoms with Gasteiger partial charge in [0.2, 0.25) is 23.6 Å². The predicted molar refractivity (Wildman–Crippen MR) is 237 cm³/mol. The molecule has 17 nitrogen and oxygen atoms in total. The molecule has 0 spiro atoms. The molecule has 13 atom stereocenters. The van der Waals surface area contributed by atoms with E-state index < -0.39 is 130 Å². The first-order valence-electron chi connectivity index (χ1n) is 22.0. The number of benzene rings is 2. The van der Waals surface area contributed by atoms with Gasteiger partial charge < -0.3 is 50.8 Å². The number of aliphatic carboxylic acids is 1. The zero-order chi connectivity index (χ0) is 48.8. The minimum atomic E-state index is -2.38. The highest BCUT2D eigenvalue weighted by molar-refractivity contribution is 7.81. The number of carbonyl (C=O) groups excluding carboxylic acids is 6. The summed E-state index contributed by atoms with van der Waals surface area (Å²) in [6.45, 7) is 5.03. The first kappa shape index (κ1) is 49.4. The highest BCUT2D eigenvalue weighted by atomic mass is 32.1. The summed E-state index contributed by atoms with van der Waals surface area (Å²) in [5.41, 5.74) is -6.27. The van der Waals surface area contributed by atoms with Crippen LogP contribution >= 0.6 is 12.6 Å². The molecule has 7 N–H and O–H groups in total. The first-order valence-corrected chi connectivity index (χ1v) is 22.5. The number of ketones is 2. The molecule has 20 heteroatoms. The molecule has 1 saturated heterocycles. The average molecular weight is 953 g/mol. The maximum absolute atomic E-state index is 17.7. The number of nitrogens with one attached hydrogen (secondary N) is 4. The van der Waals surface area contributed by atoms with Crippen LogP contribution in [0.3, 0.4) is 0 Å². The maximum Gasteiger partial charge on any atom is 0.304 e. The van der Waals surface area contributed by atoms with Crippen molar-refractivity contribution in [1.29, 1.82) is 0 Å². The van der Waals surface area contributed by atoms with Gasteiger partial charge in [0.25, 0.3) is 0 Å². The maximum atomic E-state index is 17.7. The number of carboxylic acids is 1. The van der Waals surface area contributed by atoms with Gasteiger partial charge in [0.15, 0.2) is 29.1 Å². The van der Waals surface area contributed by atoms with E-state index in [0.717, 1.165) is 6.08 Å². The lowest BCUT2D eigenvalue weighted by Crippen LogP contribution is -2.70. The Morgan fingerprint density at radius 1 is 0.955 bits per heavy atom. The van der Waals surface area contributed by atoms with Gasteiger partial charge >= 0.3 is 5.97 Å². The van der Waals surface area contributed by atoms with Gasteiger partial charge in [-0.25, -0.2) is 8.78 Å². The molecule has 2 aromatic rings. The zero-order valence-electron chi connectivity index (χ0n) is 37.1. The van der Waals surface area contributed by atoms with Crippen molar-refractivity contribution in [1.82, 2.24) is 16.0 Å². The van der Waals surface area contributed by atoms with Gasteiger partial charge in [-0.3, -0.25) is 33.6 Å². The molecule has 67 heavy (non-hydrogen) atoms. The summed E-state index contributed by atoms with van der Waals surface area (Å²) in [4.78, 5) is 86.9. The molecule has 0 bridgehead atoms. The first-order chi connectivity index (χ1) is 31.6. The molecule has 2 unspecified atom stereocenters. The summed E-state index contributed by atoms with van der Waals surface area (Å²) < 4.78 is 52.7. The number of carbonyl (C=O) groups is 7. The molecule has 0 radical (unpaired) electrons. The van der Waals surface area contributed by atoms with E-state index in [1.165, 1.54) is 32.9 Å². The number of thiol groups is 1. The molecule has 3 saturated carbocycles. The summed E-state index contributed by atoms with van der Waals surface area (Å²) in [6.07, 6.45) is -2.97. The fourth-order valence-electron chi connectivity index (χ4n) is 10.9. The molecule has 4 aliphatic carbocycles. The highest BCUT2D eigenvalue weighted by Gasteiger charge is 2.80.